The molecule has 0 saturated heterocycles. The average Bonchev–Trinajstić information content (AvgIpc) is 2.63. The Balaban J connectivity index is 2.63. The molecule has 0 fully saturated rings. The topological polar surface area (TPSA) is 81.6 Å². The summed E-state index contributed by atoms with van der Waals surface area (Å²) in [5.41, 5.74) is 1.27. The van der Waals surface area contributed by atoms with Gasteiger partial charge in [0, 0.05) is 11.7 Å². The molecule has 1 heterocycles. The molecule has 0 aliphatic rings. The van der Waals surface area contributed by atoms with Crippen LogP contribution in [-0.4, -0.2) is 22.1 Å². The summed E-state index contributed by atoms with van der Waals surface area (Å²) in [6.07, 6.45) is 2.57. The minimum Gasteiger partial charge on any atom is -0.348 e. The maximum Gasteiger partial charge on any atom is 0.254 e. The molecular formula is C10H14N4O. The second-order valence-corrected chi connectivity index (χ2v) is 3.35. The van der Waals surface area contributed by atoms with E-state index in [1.54, 1.807) is 6.92 Å². The van der Waals surface area contributed by atoms with Crippen LogP contribution < -0.4 is 5.32 Å². The fourth-order valence-electron chi connectivity index (χ4n) is 1.25. The number of hydrogen-bond donors (Lipinski definition) is 2. The molecule has 5 heteroatoms. The van der Waals surface area contributed by atoms with Crippen LogP contribution in [0.1, 0.15) is 35.8 Å². The van der Waals surface area contributed by atoms with Gasteiger partial charge in [0.25, 0.3) is 5.91 Å². The molecule has 2 N–H and O–H groups in total. The molecule has 1 amide bonds. The van der Waals surface area contributed by atoms with Crippen LogP contribution >= 0.6 is 0 Å². The molecule has 0 aliphatic heterocycles. The van der Waals surface area contributed by atoms with E-state index in [-0.39, 0.29) is 11.9 Å². The molecular weight excluding hydrogens is 192 g/mol. The highest BCUT2D eigenvalue weighted by atomic mass is 16.1. The second-order valence-electron chi connectivity index (χ2n) is 3.35. The van der Waals surface area contributed by atoms with Crippen LogP contribution in [0.25, 0.3) is 0 Å². The molecule has 0 spiro atoms. The third-order valence-corrected chi connectivity index (χ3v) is 2.24. The highest BCUT2D eigenvalue weighted by molar-refractivity contribution is 5.95. The lowest BCUT2D eigenvalue weighted by molar-refractivity contribution is 0.0936. The highest BCUT2D eigenvalue weighted by Crippen LogP contribution is 2.04. The average molecular weight is 206 g/mol. The largest absolute Gasteiger partial charge is 0.348 e. The van der Waals surface area contributed by atoms with Gasteiger partial charge >= 0.3 is 0 Å². The number of carbonyl (C=O) groups is 1. The van der Waals surface area contributed by atoms with Crippen LogP contribution in [-0.2, 0) is 0 Å². The minimum atomic E-state index is -0.177. The zero-order valence-electron chi connectivity index (χ0n) is 8.87. The van der Waals surface area contributed by atoms with E-state index in [0.29, 0.717) is 12.0 Å². The van der Waals surface area contributed by atoms with Crippen molar-refractivity contribution in [2.45, 2.75) is 32.7 Å². The van der Waals surface area contributed by atoms with Gasteiger partial charge < -0.3 is 5.32 Å². The van der Waals surface area contributed by atoms with E-state index in [2.05, 4.69) is 15.5 Å². The van der Waals surface area contributed by atoms with Crippen LogP contribution in [0.2, 0.25) is 0 Å². The fraction of sp³-hybridized carbons (Fsp3) is 0.500. The first-order valence-corrected chi connectivity index (χ1v) is 4.86. The summed E-state index contributed by atoms with van der Waals surface area (Å²) < 4.78 is 0. The Morgan fingerprint density at radius 2 is 2.53 bits per heavy atom. The quantitative estimate of drug-likeness (QED) is 0.775. The fourth-order valence-corrected chi connectivity index (χ4v) is 1.25. The van der Waals surface area contributed by atoms with Gasteiger partial charge in [-0.05, 0) is 13.3 Å². The summed E-state index contributed by atoms with van der Waals surface area (Å²) >= 11 is 0. The number of aromatic nitrogens is 2. The summed E-state index contributed by atoms with van der Waals surface area (Å²) in [4.78, 5) is 11.7. The number of hydrogen-bond acceptors (Lipinski definition) is 3. The molecule has 0 aromatic carbocycles. The van der Waals surface area contributed by atoms with Gasteiger partial charge in [0.15, 0.2) is 0 Å². The van der Waals surface area contributed by atoms with E-state index < -0.39 is 0 Å². The third-order valence-electron chi connectivity index (χ3n) is 2.24. The minimum absolute atomic E-state index is 0.0863. The van der Waals surface area contributed by atoms with Crippen molar-refractivity contribution in [3.05, 3.63) is 17.5 Å². The molecule has 0 saturated carbocycles. The van der Waals surface area contributed by atoms with Gasteiger partial charge in [0.1, 0.15) is 0 Å². The van der Waals surface area contributed by atoms with Crippen molar-refractivity contribution in [1.82, 2.24) is 15.5 Å². The van der Waals surface area contributed by atoms with Crippen molar-refractivity contribution in [3.63, 3.8) is 0 Å². The summed E-state index contributed by atoms with van der Waals surface area (Å²) in [6.45, 7) is 3.72. The standard InChI is InChI=1S/C10H14N4O/c1-3-8(4-5-11)13-10(15)9-6-12-14-7(9)2/h6,8H,3-4H2,1-2H3,(H,12,14)(H,13,15). The molecule has 1 unspecified atom stereocenters. The summed E-state index contributed by atoms with van der Waals surface area (Å²) in [6, 6.07) is 1.96. The van der Waals surface area contributed by atoms with Gasteiger partial charge in [0.05, 0.1) is 24.3 Å². The van der Waals surface area contributed by atoms with Crippen molar-refractivity contribution in [2.75, 3.05) is 0 Å². The first-order chi connectivity index (χ1) is 7.19. The molecule has 1 aromatic heterocycles. The molecule has 1 aromatic rings. The molecule has 1 atom stereocenters. The van der Waals surface area contributed by atoms with E-state index in [1.807, 2.05) is 13.0 Å². The Morgan fingerprint density at radius 3 is 3.00 bits per heavy atom. The van der Waals surface area contributed by atoms with Crippen LogP contribution in [0.15, 0.2) is 6.20 Å². The molecule has 5 nitrogen and oxygen atoms in total. The predicted octanol–water partition coefficient (Wildman–Crippen LogP) is 1.14. The third kappa shape index (κ3) is 2.81. The lowest BCUT2D eigenvalue weighted by Gasteiger charge is -2.12. The van der Waals surface area contributed by atoms with Crippen molar-refractivity contribution >= 4 is 5.91 Å². The number of nitrogens with zero attached hydrogens (tertiary/aromatic N) is 2. The zero-order chi connectivity index (χ0) is 11.3. The molecule has 0 bridgehead atoms. The van der Waals surface area contributed by atoms with E-state index in [1.165, 1.54) is 6.20 Å². The normalized spacial score (nSPS) is 11.8. The van der Waals surface area contributed by atoms with Gasteiger partial charge in [-0.15, -0.1) is 0 Å². The van der Waals surface area contributed by atoms with Gasteiger partial charge in [-0.25, -0.2) is 0 Å². The number of nitriles is 1. The Hall–Kier alpha value is -1.83. The van der Waals surface area contributed by atoms with Gasteiger partial charge in [-0.1, -0.05) is 6.92 Å². The monoisotopic (exact) mass is 206 g/mol. The number of rotatable bonds is 4. The molecule has 15 heavy (non-hydrogen) atoms. The van der Waals surface area contributed by atoms with E-state index in [4.69, 9.17) is 5.26 Å². The Morgan fingerprint density at radius 1 is 1.80 bits per heavy atom. The van der Waals surface area contributed by atoms with Crippen molar-refractivity contribution < 1.29 is 4.79 Å². The molecule has 80 valence electrons. The lowest BCUT2D eigenvalue weighted by atomic mass is 10.1. The number of carbonyl (C=O) groups excluding carboxylic acids is 1. The Kier molecular flexibility index (Phi) is 3.86. The van der Waals surface area contributed by atoms with Gasteiger partial charge in [-0.3, -0.25) is 9.89 Å². The number of amides is 1. The van der Waals surface area contributed by atoms with Gasteiger partial charge in [-0.2, -0.15) is 10.4 Å². The molecule has 0 radical (unpaired) electrons. The first-order valence-electron chi connectivity index (χ1n) is 4.86. The Bertz CT molecular complexity index is 377. The smallest absolute Gasteiger partial charge is 0.254 e. The van der Waals surface area contributed by atoms with Gasteiger partial charge in [0.2, 0.25) is 0 Å². The van der Waals surface area contributed by atoms with Crippen LogP contribution in [0.4, 0.5) is 0 Å². The number of aryl methyl sites for hydroxylation is 1. The Labute approximate surface area is 88.5 Å². The number of aromatic amines is 1. The van der Waals surface area contributed by atoms with Crippen molar-refractivity contribution in [1.29, 1.82) is 5.26 Å². The predicted molar refractivity (Wildman–Crippen MR) is 55.1 cm³/mol. The van der Waals surface area contributed by atoms with Crippen LogP contribution in [0.3, 0.4) is 0 Å². The van der Waals surface area contributed by atoms with E-state index in [0.717, 1.165) is 12.1 Å². The maximum atomic E-state index is 11.7. The summed E-state index contributed by atoms with van der Waals surface area (Å²) in [5.74, 6) is -0.177. The number of H-pyrrole nitrogens is 1. The second kappa shape index (κ2) is 5.15. The molecule has 1 rings (SSSR count). The SMILES string of the molecule is CCC(CC#N)NC(=O)c1cn[nH]c1C. The maximum absolute atomic E-state index is 11.7. The highest BCUT2D eigenvalue weighted by Gasteiger charge is 2.14. The zero-order valence-corrected chi connectivity index (χ0v) is 8.87. The summed E-state index contributed by atoms with van der Waals surface area (Å²) in [7, 11) is 0. The van der Waals surface area contributed by atoms with Crippen molar-refractivity contribution in [3.8, 4) is 6.07 Å². The lowest BCUT2D eigenvalue weighted by Crippen LogP contribution is -2.34. The number of nitrogens with one attached hydrogen (secondary N) is 2. The molecule has 0 aliphatic carbocycles. The van der Waals surface area contributed by atoms with Crippen LogP contribution in [0, 0.1) is 18.3 Å². The summed E-state index contributed by atoms with van der Waals surface area (Å²) in [5, 5.41) is 17.8. The van der Waals surface area contributed by atoms with Crippen molar-refractivity contribution in [2.24, 2.45) is 0 Å². The van der Waals surface area contributed by atoms with E-state index >= 15 is 0 Å². The first kappa shape index (κ1) is 11.2. The van der Waals surface area contributed by atoms with Crippen LogP contribution in [0.5, 0.6) is 0 Å². The van der Waals surface area contributed by atoms with E-state index in [9.17, 15) is 4.79 Å².